The second-order valence-electron chi connectivity index (χ2n) is 6.76. The molecule has 0 bridgehead atoms. The molecule has 1 aromatic carbocycles. The zero-order chi connectivity index (χ0) is 19.0. The Kier molecular flexibility index (Phi) is 4.35. The van der Waals surface area contributed by atoms with Gasteiger partial charge in [0, 0.05) is 36.1 Å². The average Bonchev–Trinajstić information content (AvgIpc) is 3.02. The minimum atomic E-state index is -0.383. The van der Waals surface area contributed by atoms with E-state index in [1.807, 2.05) is 6.92 Å². The van der Waals surface area contributed by atoms with Crippen LogP contribution in [0.5, 0.6) is 0 Å². The number of H-pyrrole nitrogens is 1. The van der Waals surface area contributed by atoms with E-state index in [1.54, 1.807) is 0 Å². The first-order valence-corrected chi connectivity index (χ1v) is 8.83. The molecule has 1 aliphatic rings. The first-order chi connectivity index (χ1) is 13.0. The van der Waals surface area contributed by atoms with Gasteiger partial charge in [-0.05, 0) is 50.1 Å². The molecule has 6 nitrogen and oxygen atoms in total. The number of pyridine rings is 1. The first kappa shape index (κ1) is 17.2. The van der Waals surface area contributed by atoms with Gasteiger partial charge in [0.25, 0.3) is 11.5 Å². The van der Waals surface area contributed by atoms with Crippen LogP contribution in [0.15, 0.2) is 47.4 Å². The molecule has 1 amide bonds. The summed E-state index contributed by atoms with van der Waals surface area (Å²) in [6, 6.07) is 8.42. The number of aryl methyl sites for hydroxylation is 2. The molecule has 0 radical (unpaired) electrons. The van der Waals surface area contributed by atoms with E-state index < -0.39 is 0 Å². The van der Waals surface area contributed by atoms with Crippen LogP contribution in [0, 0.1) is 12.7 Å². The summed E-state index contributed by atoms with van der Waals surface area (Å²) in [5, 5.41) is 3.03. The summed E-state index contributed by atoms with van der Waals surface area (Å²) in [4.78, 5) is 32.5. The topological polar surface area (TPSA) is 79.8 Å². The van der Waals surface area contributed by atoms with E-state index in [1.165, 1.54) is 47.2 Å². The van der Waals surface area contributed by atoms with Gasteiger partial charge in [-0.2, -0.15) is 0 Å². The number of aromatic nitrogens is 3. The van der Waals surface area contributed by atoms with E-state index in [2.05, 4.69) is 15.3 Å². The number of nitrogens with one attached hydrogen (secondary N) is 2. The van der Waals surface area contributed by atoms with E-state index in [0.717, 1.165) is 30.1 Å². The molecular formula is C20H19FN4O2. The lowest BCUT2D eigenvalue weighted by Crippen LogP contribution is -2.39. The zero-order valence-electron chi connectivity index (χ0n) is 14.8. The van der Waals surface area contributed by atoms with Gasteiger partial charge in [-0.15, -0.1) is 0 Å². The summed E-state index contributed by atoms with van der Waals surface area (Å²) in [7, 11) is 0. The van der Waals surface area contributed by atoms with Gasteiger partial charge in [0.2, 0.25) is 0 Å². The third-order valence-electron chi connectivity index (χ3n) is 4.78. The number of nitrogens with zero attached hydrogens (tertiary/aromatic N) is 2. The number of fused-ring (bicyclic) bond motifs is 1. The maximum Gasteiger partial charge on any atom is 0.255 e. The third-order valence-corrected chi connectivity index (χ3v) is 4.78. The van der Waals surface area contributed by atoms with Crippen molar-refractivity contribution < 1.29 is 9.18 Å². The van der Waals surface area contributed by atoms with Crippen molar-refractivity contribution in [3.8, 4) is 5.69 Å². The number of amides is 1. The Morgan fingerprint density at radius 2 is 2.04 bits per heavy atom. The van der Waals surface area contributed by atoms with Crippen molar-refractivity contribution in [1.29, 1.82) is 0 Å². The molecule has 0 fully saturated rings. The minimum absolute atomic E-state index is 0.0102. The second-order valence-corrected chi connectivity index (χ2v) is 6.76. The molecule has 1 aliphatic carbocycles. The van der Waals surface area contributed by atoms with Crippen molar-refractivity contribution in [1.82, 2.24) is 19.9 Å². The molecule has 138 valence electrons. The van der Waals surface area contributed by atoms with Crippen LogP contribution in [0.3, 0.4) is 0 Å². The number of halogens is 1. The Bertz CT molecular complexity index is 1050. The van der Waals surface area contributed by atoms with Crippen LogP contribution < -0.4 is 10.9 Å². The Labute approximate surface area is 155 Å². The van der Waals surface area contributed by atoms with Crippen molar-refractivity contribution in [2.24, 2.45) is 0 Å². The summed E-state index contributed by atoms with van der Waals surface area (Å²) in [5.74, 6) is 0.264. The molecule has 0 aliphatic heterocycles. The van der Waals surface area contributed by atoms with Crippen LogP contribution in [0.25, 0.3) is 5.69 Å². The number of imidazole rings is 1. The number of benzene rings is 1. The largest absolute Gasteiger partial charge is 0.349 e. The molecule has 4 rings (SSSR count). The second kappa shape index (κ2) is 6.83. The van der Waals surface area contributed by atoms with Crippen LogP contribution >= 0.6 is 0 Å². The van der Waals surface area contributed by atoms with E-state index in [4.69, 9.17) is 0 Å². The smallest absolute Gasteiger partial charge is 0.255 e. The lowest BCUT2D eigenvalue weighted by Gasteiger charge is -2.22. The number of rotatable bonds is 3. The highest BCUT2D eigenvalue weighted by atomic mass is 19.1. The predicted molar refractivity (Wildman–Crippen MR) is 98.6 cm³/mol. The number of carbonyl (C=O) groups excluding carboxylic acids is 1. The van der Waals surface area contributed by atoms with Gasteiger partial charge in [-0.1, -0.05) is 0 Å². The summed E-state index contributed by atoms with van der Waals surface area (Å²) in [6.07, 6.45) is 3.83. The first-order valence-electron chi connectivity index (χ1n) is 8.83. The quantitative estimate of drug-likeness (QED) is 0.746. The fourth-order valence-corrected chi connectivity index (χ4v) is 3.44. The lowest BCUT2D eigenvalue weighted by molar-refractivity contribution is 0.0932. The molecule has 0 saturated heterocycles. The molecule has 2 aromatic heterocycles. The fraction of sp³-hybridized carbons (Fsp3) is 0.250. The van der Waals surface area contributed by atoms with E-state index in [-0.39, 0.29) is 23.3 Å². The average molecular weight is 366 g/mol. The number of hydrogen-bond donors (Lipinski definition) is 2. The lowest BCUT2D eigenvalue weighted by atomic mass is 9.96. The zero-order valence-corrected chi connectivity index (χ0v) is 14.8. The van der Waals surface area contributed by atoms with Gasteiger partial charge in [-0.3, -0.25) is 14.2 Å². The molecular weight excluding hydrogens is 347 g/mol. The Balaban J connectivity index is 1.53. The number of carbonyl (C=O) groups is 1. The van der Waals surface area contributed by atoms with E-state index in [0.29, 0.717) is 17.7 Å². The summed E-state index contributed by atoms with van der Waals surface area (Å²) >= 11 is 0. The minimum Gasteiger partial charge on any atom is -0.349 e. The van der Waals surface area contributed by atoms with E-state index in [9.17, 15) is 14.0 Å². The van der Waals surface area contributed by atoms with Gasteiger partial charge < -0.3 is 10.3 Å². The molecule has 7 heteroatoms. The van der Waals surface area contributed by atoms with Gasteiger partial charge in [0.05, 0.1) is 11.3 Å². The summed E-state index contributed by atoms with van der Waals surface area (Å²) < 4.78 is 14.5. The summed E-state index contributed by atoms with van der Waals surface area (Å²) in [6.45, 7) is 1.92. The van der Waals surface area contributed by atoms with Gasteiger partial charge in [-0.25, -0.2) is 9.37 Å². The standard InChI is InChI=1S/C20H19FN4O2/c1-12-22-17-8-5-15(10-18(17)23-12)24-20(27)13-2-9-19(26)25(11-13)16-6-3-14(21)4-7-16/h2-4,6-7,9,11,15H,5,8,10H2,1H3,(H,22,23)(H,24,27). The normalized spacial score (nSPS) is 16.0. The van der Waals surface area contributed by atoms with Crippen LogP contribution in [-0.2, 0) is 12.8 Å². The van der Waals surface area contributed by atoms with Crippen LogP contribution in [0.1, 0.15) is 34.0 Å². The number of aromatic amines is 1. The molecule has 3 aromatic rings. The van der Waals surface area contributed by atoms with Crippen molar-refractivity contribution in [3.05, 3.63) is 81.5 Å². The van der Waals surface area contributed by atoms with Gasteiger partial charge in [0.1, 0.15) is 11.6 Å². The van der Waals surface area contributed by atoms with Crippen molar-refractivity contribution in [2.75, 3.05) is 0 Å². The monoisotopic (exact) mass is 366 g/mol. The van der Waals surface area contributed by atoms with Crippen molar-refractivity contribution in [2.45, 2.75) is 32.2 Å². The van der Waals surface area contributed by atoms with Gasteiger partial charge >= 0.3 is 0 Å². The predicted octanol–water partition coefficient (Wildman–Crippen LogP) is 2.30. The highest BCUT2D eigenvalue weighted by Gasteiger charge is 2.23. The Morgan fingerprint density at radius 1 is 1.26 bits per heavy atom. The molecule has 1 unspecified atom stereocenters. The van der Waals surface area contributed by atoms with Crippen molar-refractivity contribution >= 4 is 5.91 Å². The SMILES string of the molecule is Cc1nc2c([nH]1)CC(NC(=O)c1ccc(=O)n(-c3ccc(F)cc3)c1)CC2. The molecule has 2 N–H and O–H groups in total. The maximum atomic E-state index is 13.1. The molecule has 1 atom stereocenters. The van der Waals surface area contributed by atoms with Crippen LogP contribution in [0.4, 0.5) is 4.39 Å². The molecule has 0 spiro atoms. The molecule has 2 heterocycles. The highest BCUT2D eigenvalue weighted by Crippen LogP contribution is 2.19. The van der Waals surface area contributed by atoms with Crippen molar-refractivity contribution in [3.63, 3.8) is 0 Å². The van der Waals surface area contributed by atoms with Crippen LogP contribution in [0.2, 0.25) is 0 Å². The fourth-order valence-electron chi connectivity index (χ4n) is 3.44. The van der Waals surface area contributed by atoms with Gasteiger partial charge in [0.15, 0.2) is 0 Å². The summed E-state index contributed by atoms with van der Waals surface area (Å²) in [5.41, 5.74) is 2.74. The Morgan fingerprint density at radius 3 is 2.81 bits per heavy atom. The Hall–Kier alpha value is -3.22. The van der Waals surface area contributed by atoms with Crippen LogP contribution in [-0.4, -0.2) is 26.5 Å². The third kappa shape index (κ3) is 3.53. The molecule has 27 heavy (non-hydrogen) atoms. The maximum absolute atomic E-state index is 13.1. The molecule has 0 saturated carbocycles. The highest BCUT2D eigenvalue weighted by molar-refractivity contribution is 5.94. The number of hydrogen-bond acceptors (Lipinski definition) is 3. The van der Waals surface area contributed by atoms with E-state index >= 15 is 0 Å².